The van der Waals surface area contributed by atoms with Crippen molar-refractivity contribution in [2.24, 2.45) is 5.92 Å². The predicted octanol–water partition coefficient (Wildman–Crippen LogP) is 5.89. The highest BCUT2D eigenvalue weighted by atomic mass is 32.2. The van der Waals surface area contributed by atoms with E-state index in [4.69, 9.17) is 4.74 Å². The van der Waals surface area contributed by atoms with Gasteiger partial charge in [0.1, 0.15) is 18.5 Å². The van der Waals surface area contributed by atoms with Gasteiger partial charge in [0, 0.05) is 6.42 Å². The number of aliphatic hydroxyl groups is 1. The van der Waals surface area contributed by atoms with E-state index >= 15 is 4.39 Å². The average molecular weight is 661 g/mol. The van der Waals surface area contributed by atoms with E-state index in [9.17, 15) is 24.2 Å². The largest absolute Gasteiger partial charge is 0.445 e. The second-order valence-electron chi connectivity index (χ2n) is 13.3. The molecule has 0 spiro atoms. The van der Waals surface area contributed by atoms with Gasteiger partial charge in [-0.1, -0.05) is 61.4 Å². The topological polar surface area (TPSA) is 132 Å². The van der Waals surface area contributed by atoms with Crippen LogP contribution in [0.3, 0.4) is 0 Å². The molecule has 248 valence electrons. The third kappa shape index (κ3) is 8.25. The highest BCUT2D eigenvalue weighted by Crippen LogP contribution is 2.43. The lowest BCUT2D eigenvalue weighted by atomic mass is 9.79. The lowest BCUT2D eigenvalue weighted by Crippen LogP contribution is -2.49. The highest BCUT2D eigenvalue weighted by molar-refractivity contribution is 7.84. The first-order chi connectivity index (χ1) is 22.4. The van der Waals surface area contributed by atoms with Crippen LogP contribution in [0.15, 0.2) is 72.8 Å². The van der Waals surface area contributed by atoms with E-state index in [1.807, 2.05) is 45.0 Å². The summed E-state index contributed by atoms with van der Waals surface area (Å²) >= 11 is 0. The Kier molecular flexibility index (Phi) is 10.4. The van der Waals surface area contributed by atoms with Crippen LogP contribution in [-0.2, 0) is 32.7 Å². The Morgan fingerprint density at radius 3 is 2.47 bits per heavy atom. The third-order valence-electron chi connectivity index (χ3n) is 8.67. The number of anilines is 1. The van der Waals surface area contributed by atoms with Gasteiger partial charge >= 0.3 is 6.09 Å². The Labute approximate surface area is 277 Å². The van der Waals surface area contributed by atoms with E-state index in [0.717, 1.165) is 29.7 Å². The number of rotatable bonds is 11. The first-order valence-electron chi connectivity index (χ1n) is 15.9. The Morgan fingerprint density at radius 2 is 1.79 bits per heavy atom. The maximum Gasteiger partial charge on any atom is 0.410 e. The number of aliphatic hydroxyl groups excluding tert-OH is 1. The molecular formula is C36H41FN4O5S. The highest BCUT2D eigenvalue weighted by Gasteiger charge is 2.42. The zero-order valence-corrected chi connectivity index (χ0v) is 27.7. The maximum atomic E-state index is 15.5. The number of ether oxygens (including phenoxy) is 1. The van der Waals surface area contributed by atoms with Crippen molar-refractivity contribution in [2.45, 2.75) is 81.9 Å². The van der Waals surface area contributed by atoms with E-state index in [-0.39, 0.29) is 25.3 Å². The van der Waals surface area contributed by atoms with Crippen LogP contribution in [0.2, 0.25) is 0 Å². The number of hydrogen-bond donors (Lipinski definition) is 3. The Morgan fingerprint density at radius 1 is 1.06 bits per heavy atom. The molecule has 1 saturated heterocycles. The molecule has 2 amide bonds. The number of nitrogens with zero attached hydrogens (tertiary/aromatic N) is 2. The molecule has 1 aliphatic heterocycles. The van der Waals surface area contributed by atoms with Gasteiger partial charge < -0.3 is 15.2 Å². The van der Waals surface area contributed by atoms with Crippen molar-refractivity contribution in [1.82, 2.24) is 9.62 Å². The zero-order valence-electron chi connectivity index (χ0n) is 26.9. The molecule has 3 aromatic rings. The molecule has 3 N–H and O–H groups in total. The number of halogens is 1. The van der Waals surface area contributed by atoms with Crippen LogP contribution in [0.25, 0.3) is 0 Å². The van der Waals surface area contributed by atoms with Gasteiger partial charge in [0.15, 0.2) is 0 Å². The third-order valence-corrected chi connectivity index (χ3v) is 10.3. The van der Waals surface area contributed by atoms with Gasteiger partial charge in [-0.05, 0) is 80.5 Å². The van der Waals surface area contributed by atoms with Crippen molar-refractivity contribution in [1.29, 1.82) is 5.26 Å². The molecule has 47 heavy (non-hydrogen) atoms. The molecule has 0 radical (unpaired) electrons. The minimum absolute atomic E-state index is 0.00381. The number of benzene rings is 3. The fraction of sp³-hybridized carbons (Fsp3) is 0.417. The minimum atomic E-state index is -1.57. The number of carbonyl (C=O) groups excluding carboxylic acids is 2. The molecule has 1 unspecified atom stereocenters. The number of carbonyl (C=O) groups is 2. The Hall–Kier alpha value is -4.11. The zero-order chi connectivity index (χ0) is 33.8. The summed E-state index contributed by atoms with van der Waals surface area (Å²) in [6, 6.07) is 21.6. The Bertz CT molecular complexity index is 1670. The number of hydrogen-bond acceptors (Lipinski definition) is 6. The molecule has 11 heteroatoms. The van der Waals surface area contributed by atoms with Crippen LogP contribution < -0.4 is 10.0 Å². The van der Waals surface area contributed by atoms with Crippen LogP contribution >= 0.6 is 0 Å². The monoisotopic (exact) mass is 660 g/mol. The van der Waals surface area contributed by atoms with Crippen LogP contribution in [0.4, 0.5) is 14.9 Å². The molecule has 5 rings (SSSR count). The van der Waals surface area contributed by atoms with Crippen molar-refractivity contribution in [3.05, 3.63) is 101 Å². The SMILES string of the molecule is CC(C)(C)[S@@](=O)NC(CCC1CC1)(c1cccc(C#N)c1)c1ccc(F)c(NC(=O)[C@H]2C[C@@H](O)CN2C(=O)OCc2ccccc2)c1. The van der Waals surface area contributed by atoms with Crippen molar-refractivity contribution >= 4 is 28.7 Å². The molecular weight excluding hydrogens is 619 g/mol. The van der Waals surface area contributed by atoms with Gasteiger partial charge in [-0.2, -0.15) is 5.26 Å². The van der Waals surface area contributed by atoms with E-state index in [1.54, 1.807) is 36.4 Å². The molecule has 2 fully saturated rings. The van der Waals surface area contributed by atoms with Gasteiger partial charge in [0.25, 0.3) is 0 Å². The van der Waals surface area contributed by atoms with Crippen LogP contribution in [-0.4, -0.2) is 49.7 Å². The normalized spacial score (nSPS) is 19.8. The molecule has 3 aromatic carbocycles. The summed E-state index contributed by atoms with van der Waals surface area (Å²) in [4.78, 5) is 27.8. The average Bonchev–Trinajstić information content (AvgIpc) is 3.81. The predicted molar refractivity (Wildman–Crippen MR) is 178 cm³/mol. The van der Waals surface area contributed by atoms with E-state index in [2.05, 4.69) is 16.1 Å². The molecule has 0 bridgehead atoms. The number of likely N-dealkylation sites (tertiary alicyclic amines) is 1. The second-order valence-corrected chi connectivity index (χ2v) is 15.3. The van der Waals surface area contributed by atoms with E-state index in [0.29, 0.717) is 29.0 Å². The molecule has 9 nitrogen and oxygen atoms in total. The smallest absolute Gasteiger partial charge is 0.410 e. The van der Waals surface area contributed by atoms with Gasteiger partial charge in [0.05, 0.1) is 51.2 Å². The van der Waals surface area contributed by atoms with E-state index in [1.165, 1.54) is 12.1 Å². The number of β-amino-alcohol motifs (C(OH)–C–C–N with tert-alkyl or cyclic N) is 1. The summed E-state index contributed by atoms with van der Waals surface area (Å²) in [5.74, 6) is -0.854. The molecule has 4 atom stereocenters. The first-order valence-corrected chi connectivity index (χ1v) is 17.0. The van der Waals surface area contributed by atoms with Crippen molar-refractivity contribution in [3.8, 4) is 6.07 Å². The number of nitrogens with one attached hydrogen (secondary N) is 2. The lowest BCUT2D eigenvalue weighted by molar-refractivity contribution is -0.120. The van der Waals surface area contributed by atoms with Crippen LogP contribution in [0.1, 0.15) is 75.1 Å². The first kappa shape index (κ1) is 34.2. The quantitative estimate of drug-likeness (QED) is 0.235. The van der Waals surface area contributed by atoms with Crippen molar-refractivity contribution in [3.63, 3.8) is 0 Å². The summed E-state index contributed by atoms with van der Waals surface area (Å²) in [5.41, 5.74) is 1.25. The molecule has 1 saturated carbocycles. The van der Waals surface area contributed by atoms with Crippen molar-refractivity contribution in [2.75, 3.05) is 11.9 Å². The minimum Gasteiger partial charge on any atom is -0.445 e. The van der Waals surface area contributed by atoms with Gasteiger partial charge in [-0.3, -0.25) is 9.69 Å². The molecule has 1 heterocycles. The van der Waals surface area contributed by atoms with E-state index < -0.39 is 51.2 Å². The molecule has 0 aromatic heterocycles. The lowest BCUT2D eigenvalue weighted by Gasteiger charge is -2.38. The number of nitriles is 1. The van der Waals surface area contributed by atoms with Gasteiger partial charge in [-0.15, -0.1) is 0 Å². The molecule has 1 aliphatic carbocycles. The summed E-state index contributed by atoms with van der Waals surface area (Å²) in [6.45, 7) is 5.47. The number of amides is 2. The fourth-order valence-electron chi connectivity index (χ4n) is 5.79. The van der Waals surface area contributed by atoms with Crippen molar-refractivity contribution < 1.29 is 28.0 Å². The van der Waals surface area contributed by atoms with Crippen LogP contribution in [0, 0.1) is 23.1 Å². The summed E-state index contributed by atoms with van der Waals surface area (Å²) < 4.78 is 37.3. The van der Waals surface area contributed by atoms with Crippen LogP contribution in [0.5, 0.6) is 0 Å². The fourth-order valence-corrected chi connectivity index (χ4v) is 6.75. The standard InChI is InChI=1S/C36H41FN4O5S/c1-35(2,3)47(45)40-36(17-16-24-12-13-24,27-11-7-10-26(18-27)21-38)28-14-15-30(37)31(19-28)39-33(43)32-20-29(42)22-41(32)34(44)46-23-25-8-5-4-6-9-25/h4-11,14-15,18-19,24,29,32,40,42H,12-13,16-17,20,22-23H2,1-3H3,(H,39,43)/t29-,32-,36?,47-/m1/s1. The maximum absolute atomic E-state index is 15.5. The molecule has 2 aliphatic rings. The summed E-state index contributed by atoms with van der Waals surface area (Å²) in [5, 5.41) is 22.7. The van der Waals surface area contributed by atoms with Gasteiger partial charge in [0.2, 0.25) is 5.91 Å². The Balaban J connectivity index is 1.46. The summed E-state index contributed by atoms with van der Waals surface area (Å²) in [6.07, 6.45) is 1.77. The van der Waals surface area contributed by atoms with Gasteiger partial charge in [-0.25, -0.2) is 18.1 Å². The second kappa shape index (κ2) is 14.3. The summed E-state index contributed by atoms with van der Waals surface area (Å²) in [7, 11) is -1.57.